The summed E-state index contributed by atoms with van der Waals surface area (Å²) in [7, 11) is 0. The number of hydrogen-bond donors (Lipinski definition) is 2. The van der Waals surface area contributed by atoms with E-state index in [-0.39, 0.29) is 11.8 Å². The van der Waals surface area contributed by atoms with E-state index in [0.29, 0.717) is 6.54 Å². The summed E-state index contributed by atoms with van der Waals surface area (Å²) in [5.41, 5.74) is 5.59. The Balaban J connectivity index is 3.69. The number of nitrogens with one attached hydrogen (secondary N) is 1. The quantitative estimate of drug-likeness (QED) is 0.567. The van der Waals surface area contributed by atoms with Crippen molar-refractivity contribution < 1.29 is 4.79 Å². The molecule has 1 atom stereocenters. The van der Waals surface area contributed by atoms with Crippen LogP contribution in [0.4, 0.5) is 0 Å². The predicted octanol–water partition coefficient (Wildman–Crippen LogP) is 1.21. The van der Waals surface area contributed by atoms with E-state index < -0.39 is 0 Å². The molecule has 4 heteroatoms. The minimum atomic E-state index is -0.00606. The van der Waals surface area contributed by atoms with E-state index in [2.05, 4.69) is 31.0 Å². The van der Waals surface area contributed by atoms with Gasteiger partial charge in [0, 0.05) is 13.1 Å². The fraction of sp³-hybridized carbons (Fsp3) is 0.923. The number of nitrogens with two attached hydrogens (primary N) is 1. The van der Waals surface area contributed by atoms with Crippen LogP contribution in [0.25, 0.3) is 0 Å². The van der Waals surface area contributed by atoms with Crippen LogP contribution in [-0.2, 0) is 4.79 Å². The van der Waals surface area contributed by atoms with Gasteiger partial charge in [0.25, 0.3) is 0 Å². The summed E-state index contributed by atoms with van der Waals surface area (Å²) in [6, 6.07) is 0. The van der Waals surface area contributed by atoms with Gasteiger partial charge in [0.15, 0.2) is 0 Å². The Morgan fingerprint density at radius 2 is 1.94 bits per heavy atom. The van der Waals surface area contributed by atoms with Crippen LogP contribution in [0.15, 0.2) is 0 Å². The molecule has 17 heavy (non-hydrogen) atoms. The van der Waals surface area contributed by atoms with Crippen molar-refractivity contribution in [2.24, 2.45) is 11.7 Å². The molecule has 0 saturated heterocycles. The lowest BCUT2D eigenvalue weighted by atomic mass is 10.0. The zero-order chi connectivity index (χ0) is 13.1. The number of carbonyl (C=O) groups is 1. The molecule has 0 spiro atoms. The minimum Gasteiger partial charge on any atom is -0.356 e. The van der Waals surface area contributed by atoms with Crippen molar-refractivity contribution in [1.82, 2.24) is 10.2 Å². The molecule has 1 amide bonds. The molecule has 3 N–H and O–H groups in total. The molecule has 0 aliphatic rings. The first-order valence-corrected chi connectivity index (χ1v) is 6.89. The molecular formula is C13H29N3O. The van der Waals surface area contributed by atoms with Gasteiger partial charge in [0.1, 0.15) is 0 Å². The average Bonchev–Trinajstić information content (AvgIpc) is 2.35. The second-order valence-corrected chi connectivity index (χ2v) is 4.39. The third-order valence-electron chi connectivity index (χ3n) is 3.14. The second-order valence-electron chi connectivity index (χ2n) is 4.39. The number of hydrogen-bond acceptors (Lipinski definition) is 3. The fourth-order valence-electron chi connectivity index (χ4n) is 1.90. The molecule has 1 unspecified atom stereocenters. The van der Waals surface area contributed by atoms with Crippen LogP contribution in [0.1, 0.15) is 40.0 Å². The monoisotopic (exact) mass is 243 g/mol. The average molecular weight is 243 g/mol. The lowest BCUT2D eigenvalue weighted by molar-refractivity contribution is -0.124. The first-order valence-electron chi connectivity index (χ1n) is 6.89. The molecule has 0 radical (unpaired) electrons. The van der Waals surface area contributed by atoms with Crippen molar-refractivity contribution in [3.05, 3.63) is 0 Å². The Hall–Kier alpha value is -0.610. The maximum absolute atomic E-state index is 11.7. The first-order chi connectivity index (χ1) is 8.19. The van der Waals surface area contributed by atoms with E-state index in [1.807, 2.05) is 0 Å². The smallest absolute Gasteiger partial charge is 0.224 e. The van der Waals surface area contributed by atoms with Gasteiger partial charge in [0.05, 0.1) is 5.92 Å². The number of rotatable bonds is 10. The van der Waals surface area contributed by atoms with Crippen molar-refractivity contribution >= 4 is 5.91 Å². The zero-order valence-electron chi connectivity index (χ0n) is 11.7. The van der Waals surface area contributed by atoms with E-state index in [1.54, 1.807) is 0 Å². The molecule has 0 aliphatic heterocycles. The van der Waals surface area contributed by atoms with Gasteiger partial charge in [-0.05, 0) is 32.5 Å². The van der Waals surface area contributed by atoms with Crippen molar-refractivity contribution in [3.63, 3.8) is 0 Å². The van der Waals surface area contributed by atoms with Crippen LogP contribution < -0.4 is 11.1 Å². The highest BCUT2D eigenvalue weighted by molar-refractivity contribution is 5.78. The van der Waals surface area contributed by atoms with E-state index >= 15 is 0 Å². The fourth-order valence-corrected chi connectivity index (χ4v) is 1.90. The van der Waals surface area contributed by atoms with E-state index in [1.165, 1.54) is 0 Å². The van der Waals surface area contributed by atoms with Gasteiger partial charge in [-0.15, -0.1) is 0 Å². The minimum absolute atomic E-state index is 0.00606. The summed E-state index contributed by atoms with van der Waals surface area (Å²) in [5.74, 6) is 0.113. The van der Waals surface area contributed by atoms with Gasteiger partial charge < -0.3 is 16.0 Å². The molecule has 0 aromatic carbocycles. The van der Waals surface area contributed by atoms with Crippen LogP contribution in [0, 0.1) is 5.92 Å². The number of amides is 1. The molecule has 0 aliphatic carbocycles. The van der Waals surface area contributed by atoms with Crippen molar-refractivity contribution in [1.29, 1.82) is 0 Å². The number of carbonyl (C=O) groups excluding carboxylic acids is 1. The standard InChI is InChI=1S/C13H29N3O/c1-4-8-12(11-14)13(17)15-9-7-10-16(5-2)6-3/h12H,4-11,14H2,1-3H3,(H,15,17). The van der Waals surface area contributed by atoms with E-state index in [9.17, 15) is 4.79 Å². The zero-order valence-corrected chi connectivity index (χ0v) is 11.7. The third-order valence-corrected chi connectivity index (χ3v) is 3.14. The summed E-state index contributed by atoms with van der Waals surface area (Å²) < 4.78 is 0. The van der Waals surface area contributed by atoms with Crippen LogP contribution >= 0.6 is 0 Å². The van der Waals surface area contributed by atoms with Crippen molar-refractivity contribution in [2.75, 3.05) is 32.7 Å². The predicted molar refractivity (Wildman–Crippen MR) is 72.9 cm³/mol. The Morgan fingerprint density at radius 1 is 1.29 bits per heavy atom. The van der Waals surface area contributed by atoms with Crippen LogP contribution in [-0.4, -0.2) is 43.5 Å². The summed E-state index contributed by atoms with van der Waals surface area (Å²) in [6.45, 7) is 10.8. The Labute approximate surface area is 106 Å². The molecule has 0 aromatic rings. The maximum atomic E-state index is 11.7. The topological polar surface area (TPSA) is 58.4 Å². The lowest BCUT2D eigenvalue weighted by Gasteiger charge is -2.18. The normalized spacial score (nSPS) is 12.8. The third kappa shape index (κ3) is 7.34. The highest BCUT2D eigenvalue weighted by Crippen LogP contribution is 2.04. The molecule has 0 aromatic heterocycles. The maximum Gasteiger partial charge on any atom is 0.224 e. The van der Waals surface area contributed by atoms with Gasteiger partial charge in [-0.3, -0.25) is 4.79 Å². The van der Waals surface area contributed by atoms with Gasteiger partial charge in [-0.1, -0.05) is 27.2 Å². The van der Waals surface area contributed by atoms with E-state index in [4.69, 9.17) is 5.73 Å². The largest absolute Gasteiger partial charge is 0.356 e. The SMILES string of the molecule is CCCC(CN)C(=O)NCCCN(CC)CC. The molecule has 0 heterocycles. The van der Waals surface area contributed by atoms with Gasteiger partial charge >= 0.3 is 0 Å². The Bertz CT molecular complexity index is 193. The van der Waals surface area contributed by atoms with Gasteiger partial charge in [0.2, 0.25) is 5.91 Å². The highest BCUT2D eigenvalue weighted by Gasteiger charge is 2.14. The molecular weight excluding hydrogens is 214 g/mol. The van der Waals surface area contributed by atoms with Crippen LogP contribution in [0.5, 0.6) is 0 Å². The Kier molecular flexibility index (Phi) is 10.2. The summed E-state index contributed by atoms with van der Waals surface area (Å²) in [5, 5.41) is 2.98. The van der Waals surface area contributed by atoms with Crippen LogP contribution in [0.3, 0.4) is 0 Å². The molecule has 0 saturated carbocycles. The molecule has 4 nitrogen and oxygen atoms in total. The first kappa shape index (κ1) is 16.4. The van der Waals surface area contributed by atoms with Crippen molar-refractivity contribution in [3.8, 4) is 0 Å². The van der Waals surface area contributed by atoms with Crippen molar-refractivity contribution in [2.45, 2.75) is 40.0 Å². The Morgan fingerprint density at radius 3 is 2.41 bits per heavy atom. The van der Waals surface area contributed by atoms with Crippen LogP contribution in [0.2, 0.25) is 0 Å². The molecule has 0 bridgehead atoms. The number of nitrogens with zero attached hydrogens (tertiary/aromatic N) is 1. The van der Waals surface area contributed by atoms with Gasteiger partial charge in [-0.2, -0.15) is 0 Å². The second kappa shape index (κ2) is 10.5. The van der Waals surface area contributed by atoms with Gasteiger partial charge in [-0.25, -0.2) is 0 Å². The molecule has 0 rings (SSSR count). The molecule has 0 fully saturated rings. The highest BCUT2D eigenvalue weighted by atomic mass is 16.1. The molecule has 102 valence electrons. The van der Waals surface area contributed by atoms with E-state index in [0.717, 1.165) is 45.4 Å². The summed E-state index contributed by atoms with van der Waals surface area (Å²) >= 11 is 0. The lowest BCUT2D eigenvalue weighted by Crippen LogP contribution is -2.36. The summed E-state index contributed by atoms with van der Waals surface area (Å²) in [4.78, 5) is 14.1. The summed E-state index contributed by atoms with van der Waals surface area (Å²) in [6.07, 6.45) is 2.91.